The largest absolute Gasteiger partial charge is 0.461 e. The van der Waals surface area contributed by atoms with E-state index in [0.717, 1.165) is 5.56 Å². The number of hydrogen-bond donors (Lipinski definition) is 2. The van der Waals surface area contributed by atoms with E-state index in [9.17, 15) is 14.0 Å². The molecule has 0 aliphatic heterocycles. The van der Waals surface area contributed by atoms with Gasteiger partial charge in [0.2, 0.25) is 0 Å². The van der Waals surface area contributed by atoms with Crippen LogP contribution in [0, 0.1) is 5.82 Å². The van der Waals surface area contributed by atoms with Crippen molar-refractivity contribution in [1.29, 1.82) is 0 Å². The fourth-order valence-electron chi connectivity index (χ4n) is 2.91. The Kier molecular flexibility index (Phi) is 5.61. The van der Waals surface area contributed by atoms with Crippen molar-refractivity contribution in [3.05, 3.63) is 77.8 Å². The minimum atomic E-state index is -0.485. The predicted molar refractivity (Wildman–Crippen MR) is 108 cm³/mol. The number of benzene rings is 1. The van der Waals surface area contributed by atoms with E-state index < -0.39 is 11.9 Å². The first kappa shape index (κ1) is 20.1. The summed E-state index contributed by atoms with van der Waals surface area (Å²) in [5.74, 6) is -0.974. The number of H-pyrrole nitrogens is 1. The monoisotopic (exact) mass is 423 g/mol. The lowest BCUT2D eigenvalue weighted by molar-refractivity contribution is 0.0520. The van der Waals surface area contributed by atoms with Gasteiger partial charge in [-0.3, -0.25) is 9.48 Å². The second kappa shape index (κ2) is 8.66. The van der Waals surface area contributed by atoms with Crippen LogP contribution in [0.5, 0.6) is 0 Å². The lowest BCUT2D eigenvalue weighted by Crippen LogP contribution is -2.11. The molecule has 2 N–H and O–H groups in total. The van der Waals surface area contributed by atoms with Crippen molar-refractivity contribution in [3.8, 4) is 11.3 Å². The number of carbonyl (C=O) groups excluding carboxylic acids is 2. The molecule has 0 aliphatic carbocycles. The second-order valence-electron chi connectivity index (χ2n) is 6.61. The lowest BCUT2D eigenvalue weighted by Gasteiger charge is -2.01. The van der Waals surface area contributed by atoms with Crippen LogP contribution in [0.25, 0.3) is 11.3 Å². The summed E-state index contributed by atoms with van der Waals surface area (Å²) in [7, 11) is 0. The van der Waals surface area contributed by atoms with Gasteiger partial charge in [0.25, 0.3) is 5.91 Å². The minimum absolute atomic E-state index is 0.0618. The number of rotatable bonds is 7. The van der Waals surface area contributed by atoms with Crippen LogP contribution in [0.15, 0.2) is 59.5 Å². The van der Waals surface area contributed by atoms with Gasteiger partial charge in [0.05, 0.1) is 25.0 Å². The van der Waals surface area contributed by atoms with Gasteiger partial charge in [-0.1, -0.05) is 17.3 Å². The number of esters is 1. The SMILES string of the molecule is CCOC(=O)c1cc(-c2cc(C(=O)Nc3cnn(Cc4cccc(F)c4)c3)no2)c[nH]1. The average molecular weight is 423 g/mol. The Hall–Kier alpha value is -4.21. The zero-order valence-corrected chi connectivity index (χ0v) is 16.5. The Morgan fingerprint density at radius 3 is 2.97 bits per heavy atom. The number of aromatic amines is 1. The smallest absolute Gasteiger partial charge is 0.354 e. The van der Waals surface area contributed by atoms with Gasteiger partial charge < -0.3 is 19.6 Å². The fraction of sp³-hybridized carbons (Fsp3) is 0.143. The molecule has 0 fully saturated rings. The van der Waals surface area contributed by atoms with Crippen molar-refractivity contribution < 1.29 is 23.2 Å². The van der Waals surface area contributed by atoms with Crippen molar-refractivity contribution in [2.75, 3.05) is 11.9 Å². The van der Waals surface area contributed by atoms with Crippen molar-refractivity contribution >= 4 is 17.6 Å². The lowest BCUT2D eigenvalue weighted by atomic mass is 10.2. The molecule has 0 spiro atoms. The zero-order chi connectivity index (χ0) is 21.8. The first-order valence-corrected chi connectivity index (χ1v) is 9.42. The van der Waals surface area contributed by atoms with E-state index in [1.54, 1.807) is 42.2 Å². The molecule has 3 heterocycles. The minimum Gasteiger partial charge on any atom is -0.461 e. The molecule has 4 rings (SSSR count). The molecule has 0 saturated heterocycles. The molecular weight excluding hydrogens is 405 g/mol. The second-order valence-corrected chi connectivity index (χ2v) is 6.61. The molecular formula is C21H18FN5O4. The summed E-state index contributed by atoms with van der Waals surface area (Å²) in [5.41, 5.74) is 2.09. The number of carbonyl (C=O) groups is 2. The highest BCUT2D eigenvalue weighted by Gasteiger charge is 2.17. The van der Waals surface area contributed by atoms with Crippen molar-refractivity contribution in [2.24, 2.45) is 0 Å². The van der Waals surface area contributed by atoms with Gasteiger partial charge in [0, 0.05) is 24.0 Å². The van der Waals surface area contributed by atoms with Gasteiger partial charge >= 0.3 is 5.97 Å². The van der Waals surface area contributed by atoms with E-state index in [1.165, 1.54) is 24.4 Å². The Morgan fingerprint density at radius 1 is 1.29 bits per heavy atom. The number of hydrogen-bond acceptors (Lipinski definition) is 6. The molecule has 1 aromatic carbocycles. The average Bonchev–Trinajstić information content (AvgIpc) is 3.49. The molecule has 3 aromatic heterocycles. The molecule has 0 bridgehead atoms. The summed E-state index contributed by atoms with van der Waals surface area (Å²) >= 11 is 0. The number of halogens is 1. The van der Waals surface area contributed by atoms with Gasteiger partial charge in [0.15, 0.2) is 11.5 Å². The van der Waals surface area contributed by atoms with Crippen molar-refractivity contribution in [2.45, 2.75) is 13.5 Å². The predicted octanol–water partition coefficient (Wildman–Crippen LogP) is 3.48. The van der Waals surface area contributed by atoms with Gasteiger partial charge in [-0.05, 0) is 30.7 Å². The van der Waals surface area contributed by atoms with Crippen LogP contribution in [-0.4, -0.2) is 38.4 Å². The molecule has 4 aromatic rings. The van der Waals surface area contributed by atoms with Gasteiger partial charge in [-0.2, -0.15) is 5.10 Å². The summed E-state index contributed by atoms with van der Waals surface area (Å²) in [6.07, 6.45) is 4.67. The maximum absolute atomic E-state index is 13.3. The van der Waals surface area contributed by atoms with Gasteiger partial charge in [0.1, 0.15) is 11.5 Å². The molecule has 0 radical (unpaired) electrons. The number of aromatic nitrogens is 4. The quantitative estimate of drug-likeness (QED) is 0.440. The molecule has 0 aliphatic rings. The van der Waals surface area contributed by atoms with Crippen molar-refractivity contribution in [3.63, 3.8) is 0 Å². The maximum Gasteiger partial charge on any atom is 0.354 e. The van der Waals surface area contributed by atoms with E-state index in [0.29, 0.717) is 23.6 Å². The molecule has 9 nitrogen and oxygen atoms in total. The Morgan fingerprint density at radius 2 is 2.16 bits per heavy atom. The van der Waals surface area contributed by atoms with Gasteiger partial charge in [-0.15, -0.1) is 0 Å². The number of amides is 1. The topological polar surface area (TPSA) is 115 Å². The third kappa shape index (κ3) is 4.69. The number of nitrogens with zero attached hydrogens (tertiary/aromatic N) is 3. The highest BCUT2D eigenvalue weighted by atomic mass is 19.1. The van der Waals surface area contributed by atoms with Gasteiger partial charge in [-0.25, -0.2) is 9.18 Å². The Balaban J connectivity index is 1.40. The summed E-state index contributed by atoms with van der Waals surface area (Å²) in [6.45, 7) is 2.34. The van der Waals surface area contributed by atoms with Crippen LogP contribution in [0.1, 0.15) is 33.5 Å². The number of ether oxygens (including phenoxy) is 1. The summed E-state index contributed by atoms with van der Waals surface area (Å²) in [5, 5.41) is 10.6. The Labute approximate surface area is 175 Å². The molecule has 1 amide bonds. The number of nitrogens with one attached hydrogen (secondary N) is 2. The molecule has 10 heteroatoms. The normalized spacial score (nSPS) is 10.8. The standard InChI is InChI=1S/C21H18FN5O4/c1-2-30-21(29)18-7-14(9-23-18)19-8-17(26-31-19)20(28)25-16-10-24-27(12-16)11-13-4-3-5-15(22)6-13/h3-10,12,23H,2,11H2,1H3,(H,25,28). The van der Waals surface area contributed by atoms with Crippen LogP contribution < -0.4 is 5.32 Å². The van der Waals surface area contributed by atoms with E-state index >= 15 is 0 Å². The van der Waals surface area contributed by atoms with E-state index in [1.807, 2.05) is 0 Å². The molecule has 0 saturated carbocycles. The molecule has 158 valence electrons. The van der Waals surface area contributed by atoms with Crippen molar-refractivity contribution in [1.82, 2.24) is 19.9 Å². The third-order valence-electron chi connectivity index (χ3n) is 4.33. The fourth-order valence-corrected chi connectivity index (χ4v) is 2.91. The highest BCUT2D eigenvalue weighted by Crippen LogP contribution is 2.22. The highest BCUT2D eigenvalue weighted by molar-refractivity contribution is 6.03. The molecule has 0 unspecified atom stereocenters. The molecule has 0 atom stereocenters. The Bertz CT molecular complexity index is 1230. The van der Waals surface area contributed by atoms with E-state index in [2.05, 4.69) is 20.6 Å². The van der Waals surface area contributed by atoms with Crippen LogP contribution in [-0.2, 0) is 11.3 Å². The van der Waals surface area contributed by atoms with Crippen LogP contribution in [0.2, 0.25) is 0 Å². The third-order valence-corrected chi connectivity index (χ3v) is 4.33. The van der Waals surface area contributed by atoms with Crippen LogP contribution in [0.4, 0.5) is 10.1 Å². The number of anilines is 1. The first-order valence-electron chi connectivity index (χ1n) is 9.42. The first-order chi connectivity index (χ1) is 15.0. The van der Waals surface area contributed by atoms with Crippen LogP contribution in [0.3, 0.4) is 0 Å². The summed E-state index contributed by atoms with van der Waals surface area (Å²) < 4.78 is 25.0. The molecule has 31 heavy (non-hydrogen) atoms. The maximum atomic E-state index is 13.3. The van der Waals surface area contributed by atoms with E-state index in [-0.39, 0.29) is 23.8 Å². The van der Waals surface area contributed by atoms with Crippen LogP contribution >= 0.6 is 0 Å². The zero-order valence-electron chi connectivity index (χ0n) is 16.5. The van der Waals surface area contributed by atoms with E-state index in [4.69, 9.17) is 9.26 Å². The summed E-state index contributed by atoms with van der Waals surface area (Å²) in [4.78, 5) is 27.0. The summed E-state index contributed by atoms with van der Waals surface area (Å²) in [6, 6.07) is 9.22.